The highest BCUT2D eigenvalue weighted by Crippen LogP contribution is 2.18. The van der Waals surface area contributed by atoms with Gasteiger partial charge in [0.1, 0.15) is 5.01 Å². The first-order chi connectivity index (χ1) is 9.19. The first-order valence-corrected chi connectivity index (χ1v) is 7.24. The molecule has 0 unspecified atom stereocenters. The monoisotopic (exact) mass is 295 g/mol. The average molecular weight is 296 g/mol. The maximum atomic E-state index is 11.8. The lowest BCUT2D eigenvalue weighted by molar-refractivity contribution is -0.116. The van der Waals surface area contributed by atoms with Crippen molar-refractivity contribution in [3.63, 3.8) is 0 Å². The van der Waals surface area contributed by atoms with E-state index in [2.05, 4.69) is 15.5 Å². The lowest BCUT2D eigenvalue weighted by atomic mass is 10.1. The molecule has 0 aliphatic rings. The molecule has 0 saturated heterocycles. The standard InChI is InChI=1S/C13H14ClN3OS/c1-2-12-16-17-13(19-12)15-11(18)8-7-9-5-3-4-6-10(9)14/h3-6H,2,7-8H2,1H3,(H,15,17,18). The molecule has 1 aromatic carbocycles. The molecule has 100 valence electrons. The van der Waals surface area contributed by atoms with Crippen molar-refractivity contribution < 1.29 is 4.79 Å². The van der Waals surface area contributed by atoms with Crippen LogP contribution < -0.4 is 5.32 Å². The van der Waals surface area contributed by atoms with Crippen molar-refractivity contribution in [2.75, 3.05) is 5.32 Å². The lowest BCUT2D eigenvalue weighted by Gasteiger charge is -2.03. The van der Waals surface area contributed by atoms with Crippen LogP contribution in [-0.2, 0) is 17.6 Å². The third kappa shape index (κ3) is 4.01. The Morgan fingerprint density at radius 2 is 2.16 bits per heavy atom. The molecule has 0 saturated carbocycles. The van der Waals surface area contributed by atoms with Gasteiger partial charge in [-0.1, -0.05) is 48.1 Å². The van der Waals surface area contributed by atoms with Crippen molar-refractivity contribution in [3.8, 4) is 0 Å². The summed E-state index contributed by atoms with van der Waals surface area (Å²) in [6, 6.07) is 7.54. The van der Waals surface area contributed by atoms with Crippen molar-refractivity contribution in [2.24, 2.45) is 0 Å². The third-order valence-corrected chi connectivity index (χ3v) is 3.95. The van der Waals surface area contributed by atoms with Crippen LogP contribution in [0.2, 0.25) is 5.02 Å². The van der Waals surface area contributed by atoms with E-state index in [1.165, 1.54) is 11.3 Å². The molecule has 0 fully saturated rings. The number of amides is 1. The summed E-state index contributed by atoms with van der Waals surface area (Å²) >= 11 is 7.44. The molecule has 1 aromatic heterocycles. The fourth-order valence-electron chi connectivity index (χ4n) is 1.58. The molecular formula is C13H14ClN3OS. The van der Waals surface area contributed by atoms with Crippen LogP contribution in [0.3, 0.4) is 0 Å². The number of halogens is 1. The van der Waals surface area contributed by atoms with Crippen LogP contribution in [0.15, 0.2) is 24.3 Å². The summed E-state index contributed by atoms with van der Waals surface area (Å²) in [4.78, 5) is 11.8. The Bertz CT molecular complexity index is 571. The van der Waals surface area contributed by atoms with Crippen molar-refractivity contribution in [2.45, 2.75) is 26.2 Å². The maximum absolute atomic E-state index is 11.8. The Kier molecular flexibility index (Phi) is 4.87. The van der Waals surface area contributed by atoms with Gasteiger partial charge in [-0.2, -0.15) is 0 Å². The first kappa shape index (κ1) is 14.0. The molecule has 0 spiro atoms. The second-order valence-electron chi connectivity index (χ2n) is 3.99. The molecule has 2 rings (SSSR count). The Morgan fingerprint density at radius 1 is 1.37 bits per heavy atom. The summed E-state index contributed by atoms with van der Waals surface area (Å²) in [5.74, 6) is -0.0706. The fraction of sp³-hybridized carbons (Fsp3) is 0.308. The summed E-state index contributed by atoms with van der Waals surface area (Å²) in [5.41, 5.74) is 0.978. The Morgan fingerprint density at radius 3 is 2.84 bits per heavy atom. The summed E-state index contributed by atoms with van der Waals surface area (Å²) in [6.45, 7) is 2.00. The number of nitrogens with zero attached hydrogens (tertiary/aromatic N) is 2. The number of carbonyl (C=O) groups excluding carboxylic acids is 1. The van der Waals surface area contributed by atoms with Crippen LogP contribution in [0.1, 0.15) is 23.9 Å². The molecule has 0 atom stereocenters. The topological polar surface area (TPSA) is 54.9 Å². The van der Waals surface area contributed by atoms with Gasteiger partial charge >= 0.3 is 0 Å². The van der Waals surface area contributed by atoms with E-state index in [0.717, 1.165) is 17.0 Å². The number of rotatable bonds is 5. The van der Waals surface area contributed by atoms with E-state index in [-0.39, 0.29) is 5.91 Å². The van der Waals surface area contributed by atoms with E-state index in [9.17, 15) is 4.79 Å². The van der Waals surface area contributed by atoms with Gasteiger partial charge in [0.2, 0.25) is 11.0 Å². The number of hydrogen-bond donors (Lipinski definition) is 1. The summed E-state index contributed by atoms with van der Waals surface area (Å²) < 4.78 is 0. The van der Waals surface area contributed by atoms with Crippen LogP contribution in [0.4, 0.5) is 5.13 Å². The molecule has 0 bridgehead atoms. The molecule has 2 aromatic rings. The minimum absolute atomic E-state index is 0.0706. The highest BCUT2D eigenvalue weighted by Gasteiger charge is 2.08. The van der Waals surface area contributed by atoms with Gasteiger partial charge in [0.05, 0.1) is 0 Å². The van der Waals surface area contributed by atoms with E-state index in [1.807, 2.05) is 31.2 Å². The van der Waals surface area contributed by atoms with Gasteiger partial charge in [-0.05, 0) is 24.5 Å². The summed E-state index contributed by atoms with van der Waals surface area (Å²) in [6.07, 6.45) is 1.82. The minimum atomic E-state index is -0.0706. The largest absolute Gasteiger partial charge is 0.301 e. The van der Waals surface area contributed by atoms with E-state index in [0.29, 0.717) is 23.0 Å². The average Bonchev–Trinajstić information content (AvgIpc) is 2.85. The number of benzene rings is 1. The number of aromatic nitrogens is 2. The molecule has 19 heavy (non-hydrogen) atoms. The molecule has 1 N–H and O–H groups in total. The molecule has 4 nitrogen and oxygen atoms in total. The van der Waals surface area contributed by atoms with Crippen molar-refractivity contribution >= 4 is 34.0 Å². The van der Waals surface area contributed by atoms with Crippen LogP contribution in [0.25, 0.3) is 0 Å². The summed E-state index contributed by atoms with van der Waals surface area (Å²) in [7, 11) is 0. The molecule has 0 aliphatic heterocycles. The molecule has 0 aliphatic carbocycles. The van der Waals surface area contributed by atoms with Crippen LogP contribution >= 0.6 is 22.9 Å². The predicted molar refractivity (Wildman–Crippen MR) is 77.7 cm³/mol. The zero-order valence-electron chi connectivity index (χ0n) is 10.5. The Labute approximate surface area is 120 Å². The number of nitrogens with one attached hydrogen (secondary N) is 1. The molecule has 0 radical (unpaired) electrons. The van der Waals surface area contributed by atoms with Gasteiger partial charge in [-0.25, -0.2) is 0 Å². The molecule has 6 heteroatoms. The second kappa shape index (κ2) is 6.63. The third-order valence-electron chi connectivity index (χ3n) is 2.59. The predicted octanol–water partition coefficient (Wildman–Crippen LogP) is 3.33. The van der Waals surface area contributed by atoms with E-state index >= 15 is 0 Å². The quantitative estimate of drug-likeness (QED) is 0.920. The van der Waals surface area contributed by atoms with Crippen molar-refractivity contribution in [1.82, 2.24) is 10.2 Å². The van der Waals surface area contributed by atoms with Crippen LogP contribution in [-0.4, -0.2) is 16.1 Å². The summed E-state index contributed by atoms with van der Waals surface area (Å²) in [5, 5.41) is 12.8. The second-order valence-corrected chi connectivity index (χ2v) is 5.46. The highest BCUT2D eigenvalue weighted by atomic mass is 35.5. The van der Waals surface area contributed by atoms with E-state index < -0.39 is 0 Å². The van der Waals surface area contributed by atoms with Gasteiger partial charge in [-0.3, -0.25) is 4.79 Å². The molecule has 1 heterocycles. The van der Waals surface area contributed by atoms with E-state index in [4.69, 9.17) is 11.6 Å². The lowest BCUT2D eigenvalue weighted by Crippen LogP contribution is -2.12. The number of hydrogen-bond acceptors (Lipinski definition) is 4. The SMILES string of the molecule is CCc1nnc(NC(=O)CCc2ccccc2Cl)s1. The normalized spacial score (nSPS) is 10.4. The maximum Gasteiger partial charge on any atom is 0.226 e. The van der Waals surface area contributed by atoms with Crippen molar-refractivity contribution in [3.05, 3.63) is 39.9 Å². The molecular weight excluding hydrogens is 282 g/mol. The van der Waals surface area contributed by atoms with Gasteiger partial charge < -0.3 is 5.32 Å². The van der Waals surface area contributed by atoms with Crippen LogP contribution in [0.5, 0.6) is 0 Å². The number of carbonyl (C=O) groups is 1. The zero-order chi connectivity index (χ0) is 13.7. The van der Waals surface area contributed by atoms with Gasteiger partial charge in [0.25, 0.3) is 0 Å². The van der Waals surface area contributed by atoms with E-state index in [1.54, 1.807) is 0 Å². The molecule has 1 amide bonds. The highest BCUT2D eigenvalue weighted by molar-refractivity contribution is 7.15. The Balaban J connectivity index is 1.86. The number of anilines is 1. The first-order valence-electron chi connectivity index (χ1n) is 6.04. The van der Waals surface area contributed by atoms with Crippen molar-refractivity contribution in [1.29, 1.82) is 0 Å². The van der Waals surface area contributed by atoms with Gasteiger partial charge in [-0.15, -0.1) is 10.2 Å². The van der Waals surface area contributed by atoms with Crippen LogP contribution in [0, 0.1) is 0 Å². The minimum Gasteiger partial charge on any atom is -0.301 e. The Hall–Kier alpha value is -1.46. The van der Waals surface area contributed by atoms with Gasteiger partial charge in [0, 0.05) is 11.4 Å². The smallest absolute Gasteiger partial charge is 0.226 e. The fourth-order valence-corrected chi connectivity index (χ4v) is 2.50. The zero-order valence-corrected chi connectivity index (χ0v) is 12.1. The van der Waals surface area contributed by atoms with Gasteiger partial charge in [0.15, 0.2) is 0 Å². The number of aryl methyl sites for hydroxylation is 2.